The smallest absolute Gasteiger partial charge is 0.135 e. The normalized spacial score (nSPS) is 12.1. The lowest BCUT2D eigenvalue weighted by atomic mass is 9.71. The average molecular weight is 661 g/mol. The summed E-state index contributed by atoms with van der Waals surface area (Å²) in [7, 11) is 0. The summed E-state index contributed by atoms with van der Waals surface area (Å²) in [4.78, 5) is 0. The second kappa shape index (κ2) is 11.7. The molecule has 0 unspecified atom stereocenters. The van der Waals surface area contributed by atoms with Crippen LogP contribution in [-0.4, -0.2) is 19.6 Å². The Morgan fingerprint density at radius 2 is 0.824 bits per heavy atom. The molecule has 0 bridgehead atoms. The summed E-state index contributed by atoms with van der Waals surface area (Å²) in [6, 6.07) is 54.5. The van der Waals surface area contributed by atoms with Crippen molar-refractivity contribution in [3.63, 3.8) is 0 Å². The van der Waals surface area contributed by atoms with Crippen LogP contribution in [0.15, 0.2) is 179 Å². The van der Waals surface area contributed by atoms with Crippen molar-refractivity contribution in [1.82, 2.24) is 19.6 Å². The van der Waals surface area contributed by atoms with E-state index in [1.165, 1.54) is 11.1 Å². The zero-order chi connectivity index (χ0) is 33.8. The third-order valence-corrected chi connectivity index (χ3v) is 10.1. The highest BCUT2D eigenvalue weighted by molar-refractivity contribution is 6.06. The van der Waals surface area contributed by atoms with Gasteiger partial charge in [0.15, 0.2) is 0 Å². The Morgan fingerprint density at radius 1 is 0.412 bits per heavy atom. The van der Waals surface area contributed by atoms with Gasteiger partial charge in [0.2, 0.25) is 0 Å². The second-order valence-corrected chi connectivity index (χ2v) is 13.3. The highest BCUT2D eigenvalue weighted by atomic mass is 16.3. The van der Waals surface area contributed by atoms with E-state index in [0.29, 0.717) is 12.8 Å². The van der Waals surface area contributed by atoms with Gasteiger partial charge in [-0.2, -0.15) is 10.2 Å². The number of furan rings is 2. The summed E-state index contributed by atoms with van der Waals surface area (Å²) in [6.45, 7) is 0. The molecule has 6 aromatic carbocycles. The molecule has 0 aliphatic rings. The number of para-hydroxylation sites is 2. The van der Waals surface area contributed by atoms with Crippen LogP contribution in [0.5, 0.6) is 0 Å². The molecule has 4 aromatic heterocycles. The average Bonchev–Trinajstić information content (AvgIpc) is 4.00. The molecule has 10 rings (SSSR count). The van der Waals surface area contributed by atoms with E-state index >= 15 is 0 Å². The minimum atomic E-state index is -0.585. The lowest BCUT2D eigenvalue weighted by Gasteiger charge is -2.31. The molecule has 6 nitrogen and oxygen atoms in total. The fourth-order valence-corrected chi connectivity index (χ4v) is 7.60. The van der Waals surface area contributed by atoms with Gasteiger partial charge in [-0.1, -0.05) is 97.1 Å². The van der Waals surface area contributed by atoms with Crippen molar-refractivity contribution in [2.75, 3.05) is 0 Å². The molecule has 6 heteroatoms. The summed E-state index contributed by atoms with van der Waals surface area (Å²) in [5.74, 6) is 0. The van der Waals surface area contributed by atoms with Crippen LogP contribution in [0.1, 0.15) is 22.5 Å². The van der Waals surface area contributed by atoms with Crippen molar-refractivity contribution in [2.45, 2.75) is 18.3 Å². The van der Waals surface area contributed by atoms with Gasteiger partial charge in [-0.15, -0.1) is 0 Å². The van der Waals surface area contributed by atoms with E-state index in [1.54, 1.807) is 0 Å². The molecular weight excluding hydrogens is 629 g/mol. The van der Waals surface area contributed by atoms with Gasteiger partial charge >= 0.3 is 0 Å². The number of hydrogen-bond donors (Lipinski definition) is 0. The standard InChI is InChI=1S/C45H32N4O2/c1-3-11-31(12-4-1)29-45(30-32-13-5-2-6-14-32,43-23-25-48(46-43)33-19-21-41-37(27-33)35-15-7-9-17-39(35)50-41)44-24-26-49(47-44)34-20-22-42-38(28-34)36-16-8-10-18-40(36)51-42/h1-28H,29-30H2. The van der Waals surface area contributed by atoms with Crippen molar-refractivity contribution in [3.05, 3.63) is 193 Å². The van der Waals surface area contributed by atoms with Crippen LogP contribution in [0.25, 0.3) is 55.3 Å². The zero-order valence-electron chi connectivity index (χ0n) is 27.7. The van der Waals surface area contributed by atoms with E-state index < -0.39 is 5.41 Å². The summed E-state index contributed by atoms with van der Waals surface area (Å²) in [6.07, 6.45) is 5.57. The van der Waals surface area contributed by atoms with E-state index in [2.05, 4.69) is 122 Å². The van der Waals surface area contributed by atoms with E-state index in [0.717, 1.165) is 66.6 Å². The van der Waals surface area contributed by atoms with Gasteiger partial charge in [0.25, 0.3) is 0 Å². The number of fused-ring (bicyclic) bond motifs is 6. The largest absolute Gasteiger partial charge is 0.456 e. The van der Waals surface area contributed by atoms with Crippen LogP contribution in [0.3, 0.4) is 0 Å². The van der Waals surface area contributed by atoms with Gasteiger partial charge < -0.3 is 8.83 Å². The number of benzene rings is 6. The van der Waals surface area contributed by atoms with Gasteiger partial charge in [0, 0.05) is 33.9 Å². The molecule has 0 amide bonds. The highest BCUT2D eigenvalue weighted by Crippen LogP contribution is 2.39. The third kappa shape index (κ3) is 5.03. The quantitative estimate of drug-likeness (QED) is 0.163. The van der Waals surface area contributed by atoms with Gasteiger partial charge in [0.05, 0.1) is 28.2 Å². The maximum atomic E-state index is 6.13. The van der Waals surface area contributed by atoms with Crippen molar-refractivity contribution in [3.8, 4) is 11.4 Å². The van der Waals surface area contributed by atoms with Crippen LogP contribution in [-0.2, 0) is 18.3 Å². The Hall–Kier alpha value is -6.66. The zero-order valence-corrected chi connectivity index (χ0v) is 27.7. The van der Waals surface area contributed by atoms with Crippen LogP contribution in [0.2, 0.25) is 0 Å². The summed E-state index contributed by atoms with van der Waals surface area (Å²) < 4.78 is 16.2. The maximum Gasteiger partial charge on any atom is 0.135 e. The molecule has 0 saturated carbocycles. The molecule has 0 radical (unpaired) electrons. The van der Waals surface area contributed by atoms with Gasteiger partial charge in [-0.25, -0.2) is 9.36 Å². The molecule has 10 aromatic rings. The first-order chi connectivity index (χ1) is 25.2. The van der Waals surface area contributed by atoms with Crippen molar-refractivity contribution in [2.24, 2.45) is 0 Å². The van der Waals surface area contributed by atoms with E-state index in [1.807, 2.05) is 57.9 Å². The van der Waals surface area contributed by atoms with Crippen molar-refractivity contribution in [1.29, 1.82) is 0 Å². The van der Waals surface area contributed by atoms with Crippen LogP contribution < -0.4 is 0 Å². The molecular formula is C45H32N4O2. The first kappa shape index (κ1) is 29.3. The predicted molar refractivity (Wildman–Crippen MR) is 203 cm³/mol. The highest BCUT2D eigenvalue weighted by Gasteiger charge is 2.40. The molecule has 0 N–H and O–H groups in total. The summed E-state index contributed by atoms with van der Waals surface area (Å²) in [5.41, 5.74) is 9.19. The second-order valence-electron chi connectivity index (χ2n) is 13.3. The van der Waals surface area contributed by atoms with Gasteiger partial charge in [0.1, 0.15) is 22.3 Å². The summed E-state index contributed by atoms with van der Waals surface area (Å²) in [5, 5.41) is 15.1. The van der Waals surface area contributed by atoms with Crippen LogP contribution in [0, 0.1) is 0 Å². The lowest BCUT2D eigenvalue weighted by Crippen LogP contribution is -2.35. The Morgan fingerprint density at radius 3 is 1.29 bits per heavy atom. The molecule has 0 saturated heterocycles. The molecule has 0 aliphatic carbocycles. The number of hydrogen-bond acceptors (Lipinski definition) is 4. The Balaban J connectivity index is 1.13. The molecule has 244 valence electrons. The van der Waals surface area contributed by atoms with Crippen LogP contribution >= 0.6 is 0 Å². The van der Waals surface area contributed by atoms with Gasteiger partial charge in [-0.05, 0) is 84.6 Å². The first-order valence-corrected chi connectivity index (χ1v) is 17.2. The Bertz CT molecular complexity index is 2630. The SMILES string of the molecule is c1ccc(CC(Cc2ccccc2)(c2ccn(-c3ccc4oc5ccccc5c4c3)n2)c2ccn(-c3ccc4oc5ccccc5c4c3)n2)cc1. The topological polar surface area (TPSA) is 61.9 Å². The van der Waals surface area contributed by atoms with Crippen LogP contribution in [0.4, 0.5) is 0 Å². The van der Waals surface area contributed by atoms with Crippen molar-refractivity contribution < 1.29 is 8.83 Å². The number of aromatic nitrogens is 4. The van der Waals surface area contributed by atoms with Crippen molar-refractivity contribution >= 4 is 43.9 Å². The molecule has 0 fully saturated rings. The minimum Gasteiger partial charge on any atom is -0.456 e. The fraction of sp³-hybridized carbons (Fsp3) is 0.0667. The molecule has 51 heavy (non-hydrogen) atoms. The predicted octanol–water partition coefficient (Wildman–Crippen LogP) is 10.6. The first-order valence-electron chi connectivity index (χ1n) is 17.2. The molecule has 0 atom stereocenters. The third-order valence-electron chi connectivity index (χ3n) is 10.1. The molecule has 0 aliphatic heterocycles. The Labute approximate surface area is 293 Å². The minimum absolute atomic E-state index is 0.585. The molecule has 0 spiro atoms. The van der Waals surface area contributed by atoms with E-state index in [4.69, 9.17) is 19.0 Å². The van der Waals surface area contributed by atoms with E-state index in [-0.39, 0.29) is 0 Å². The van der Waals surface area contributed by atoms with E-state index in [9.17, 15) is 0 Å². The summed E-state index contributed by atoms with van der Waals surface area (Å²) >= 11 is 0. The lowest BCUT2D eigenvalue weighted by molar-refractivity contribution is 0.469. The van der Waals surface area contributed by atoms with Gasteiger partial charge in [-0.3, -0.25) is 0 Å². The maximum absolute atomic E-state index is 6.13. The fourth-order valence-electron chi connectivity index (χ4n) is 7.60. The molecule has 4 heterocycles. The Kier molecular flexibility index (Phi) is 6.74. The number of nitrogens with zero attached hydrogens (tertiary/aromatic N) is 4. The number of rotatable bonds is 8. The monoisotopic (exact) mass is 660 g/mol.